The van der Waals surface area contributed by atoms with Crippen LogP contribution in [0.2, 0.25) is 0 Å². The number of esters is 1. The molecule has 1 rings (SSSR count). The van der Waals surface area contributed by atoms with E-state index in [9.17, 15) is 9.18 Å². The second-order valence-electron chi connectivity index (χ2n) is 3.05. The van der Waals surface area contributed by atoms with E-state index >= 15 is 0 Å². The van der Waals surface area contributed by atoms with Gasteiger partial charge in [0.1, 0.15) is 12.9 Å². The molecular weight excluding hydrogens is 213 g/mol. The van der Waals surface area contributed by atoms with E-state index in [0.29, 0.717) is 5.56 Å². The van der Waals surface area contributed by atoms with Crippen LogP contribution in [0.4, 0.5) is 4.39 Å². The Morgan fingerprint density at radius 2 is 2.06 bits per heavy atom. The van der Waals surface area contributed by atoms with Gasteiger partial charge in [-0.2, -0.15) is 0 Å². The molecule has 0 bridgehead atoms. The lowest BCUT2D eigenvalue weighted by Gasteiger charge is -2.07. The van der Waals surface area contributed by atoms with Gasteiger partial charge in [0.05, 0.1) is 7.11 Å². The van der Waals surface area contributed by atoms with Gasteiger partial charge in [-0.3, -0.25) is 0 Å². The lowest BCUT2D eigenvalue weighted by molar-refractivity contribution is -0.132. The number of ether oxygens (including phenoxy) is 1. The largest absolute Gasteiger partial charge is 0.464 e. The zero-order valence-corrected chi connectivity index (χ0v) is 9.28. The Hall–Kier alpha value is -1.91. The summed E-state index contributed by atoms with van der Waals surface area (Å²) in [7, 11) is 2.48. The molecule has 0 fully saturated rings. The topological polar surface area (TPSA) is 47.9 Å². The van der Waals surface area contributed by atoms with Crippen LogP contribution in [0.3, 0.4) is 0 Å². The number of benzene rings is 1. The molecule has 4 nitrogen and oxygen atoms in total. The molecule has 0 aromatic heterocycles. The van der Waals surface area contributed by atoms with E-state index in [1.165, 1.54) is 20.3 Å². The van der Waals surface area contributed by atoms with E-state index in [1.807, 2.05) is 0 Å². The minimum Gasteiger partial charge on any atom is -0.464 e. The summed E-state index contributed by atoms with van der Waals surface area (Å²) in [4.78, 5) is 15.9. The fraction of sp³-hybridized carbons (Fsp3) is 0.273. The van der Waals surface area contributed by atoms with Gasteiger partial charge in [-0.25, -0.2) is 9.18 Å². The van der Waals surface area contributed by atoms with E-state index in [0.717, 1.165) is 0 Å². The number of hydrogen-bond donors (Lipinski definition) is 0. The third-order valence-corrected chi connectivity index (χ3v) is 2.02. The average Bonchev–Trinajstić information content (AvgIpc) is 2.26. The third-order valence-electron chi connectivity index (χ3n) is 2.02. The lowest BCUT2D eigenvalue weighted by Crippen LogP contribution is -2.20. The second-order valence-corrected chi connectivity index (χ2v) is 3.05. The van der Waals surface area contributed by atoms with Crippen LogP contribution in [0.25, 0.3) is 0 Å². The van der Waals surface area contributed by atoms with Crippen LogP contribution < -0.4 is 0 Å². The number of hydrogen-bond acceptors (Lipinski definition) is 4. The molecule has 0 aliphatic rings. The highest BCUT2D eigenvalue weighted by molar-refractivity contribution is 6.43. The molecule has 0 spiro atoms. The molecule has 0 aliphatic carbocycles. The second kappa shape index (κ2) is 5.25. The molecule has 0 heterocycles. The normalized spacial score (nSPS) is 11.1. The zero-order chi connectivity index (χ0) is 12.1. The monoisotopic (exact) mass is 225 g/mol. The molecule has 1 aromatic rings. The van der Waals surface area contributed by atoms with Crippen LogP contribution in [-0.2, 0) is 14.4 Å². The lowest BCUT2D eigenvalue weighted by atomic mass is 10.0. The first-order chi connectivity index (χ1) is 7.61. The molecule has 0 unspecified atom stereocenters. The van der Waals surface area contributed by atoms with Crippen molar-refractivity contribution in [2.75, 3.05) is 14.2 Å². The first-order valence-electron chi connectivity index (χ1n) is 4.56. The highest BCUT2D eigenvalue weighted by atomic mass is 19.1. The van der Waals surface area contributed by atoms with Gasteiger partial charge < -0.3 is 9.57 Å². The summed E-state index contributed by atoms with van der Waals surface area (Å²) in [6.07, 6.45) is 0. The van der Waals surface area contributed by atoms with Gasteiger partial charge in [-0.1, -0.05) is 17.3 Å². The van der Waals surface area contributed by atoms with Crippen LogP contribution >= 0.6 is 0 Å². The third kappa shape index (κ3) is 2.36. The fourth-order valence-corrected chi connectivity index (χ4v) is 1.30. The number of aryl methyl sites for hydroxylation is 1. The maximum atomic E-state index is 13.6. The molecule has 0 saturated carbocycles. The highest BCUT2D eigenvalue weighted by Crippen LogP contribution is 2.14. The Bertz CT molecular complexity index is 409. The summed E-state index contributed by atoms with van der Waals surface area (Å²) in [5, 5.41) is 3.49. The van der Waals surface area contributed by atoms with Gasteiger partial charge in [0, 0.05) is 5.56 Å². The number of carbonyl (C=O) groups excluding carboxylic acids is 1. The molecule has 0 aliphatic heterocycles. The number of halogens is 1. The van der Waals surface area contributed by atoms with E-state index in [4.69, 9.17) is 0 Å². The Balaban J connectivity index is 3.32. The van der Waals surface area contributed by atoms with Crippen LogP contribution in [0.5, 0.6) is 0 Å². The number of nitrogens with zero attached hydrogens (tertiary/aromatic N) is 1. The molecule has 0 saturated heterocycles. The predicted octanol–water partition coefficient (Wildman–Crippen LogP) is 1.66. The summed E-state index contributed by atoms with van der Waals surface area (Å²) in [5.41, 5.74) is 0.498. The summed E-state index contributed by atoms with van der Waals surface area (Å²) >= 11 is 0. The Labute approximate surface area is 92.7 Å². The Morgan fingerprint density at radius 3 is 2.56 bits per heavy atom. The quantitative estimate of drug-likeness (QED) is 0.446. The van der Waals surface area contributed by atoms with Crippen molar-refractivity contribution >= 4 is 11.7 Å². The van der Waals surface area contributed by atoms with Crippen molar-refractivity contribution in [3.05, 3.63) is 35.1 Å². The maximum absolute atomic E-state index is 13.6. The zero-order valence-electron chi connectivity index (χ0n) is 9.28. The molecule has 0 atom stereocenters. The van der Waals surface area contributed by atoms with E-state index in [-0.39, 0.29) is 11.3 Å². The Kier molecular flexibility index (Phi) is 3.99. The molecule has 86 valence electrons. The van der Waals surface area contributed by atoms with Gasteiger partial charge in [0.15, 0.2) is 5.71 Å². The molecule has 5 heteroatoms. The summed E-state index contributed by atoms with van der Waals surface area (Å²) < 4.78 is 18.1. The van der Waals surface area contributed by atoms with Crippen LogP contribution in [-0.4, -0.2) is 25.9 Å². The van der Waals surface area contributed by atoms with Crippen molar-refractivity contribution in [2.45, 2.75) is 6.92 Å². The Morgan fingerprint density at radius 1 is 1.38 bits per heavy atom. The number of carbonyl (C=O) groups is 1. The summed E-state index contributed by atoms with van der Waals surface area (Å²) in [6, 6.07) is 4.47. The maximum Gasteiger partial charge on any atom is 0.360 e. The SMILES string of the molecule is CO/N=C(/C(=O)OC)c1c(C)cccc1F. The van der Waals surface area contributed by atoms with Crippen molar-refractivity contribution in [3.8, 4) is 0 Å². The number of oxime groups is 1. The van der Waals surface area contributed by atoms with Crippen molar-refractivity contribution < 1.29 is 18.8 Å². The highest BCUT2D eigenvalue weighted by Gasteiger charge is 2.21. The van der Waals surface area contributed by atoms with Crippen molar-refractivity contribution in [1.82, 2.24) is 0 Å². The van der Waals surface area contributed by atoms with Crippen LogP contribution in [0, 0.1) is 12.7 Å². The molecule has 16 heavy (non-hydrogen) atoms. The van der Waals surface area contributed by atoms with E-state index in [1.54, 1.807) is 19.1 Å². The van der Waals surface area contributed by atoms with Gasteiger partial charge in [0.2, 0.25) is 0 Å². The standard InChI is InChI=1S/C11H12FNO3/c1-7-5-4-6-8(12)9(7)10(13-16-3)11(14)15-2/h4-6H,1-3H3/b13-10+. The van der Waals surface area contributed by atoms with E-state index < -0.39 is 11.8 Å². The average molecular weight is 225 g/mol. The number of rotatable bonds is 3. The van der Waals surface area contributed by atoms with Crippen molar-refractivity contribution in [2.24, 2.45) is 5.16 Å². The summed E-state index contributed by atoms with van der Waals surface area (Å²) in [6.45, 7) is 1.67. The summed E-state index contributed by atoms with van der Waals surface area (Å²) in [5.74, 6) is -1.28. The first kappa shape index (κ1) is 12.2. The predicted molar refractivity (Wildman–Crippen MR) is 56.7 cm³/mol. The minimum atomic E-state index is -0.741. The van der Waals surface area contributed by atoms with Crippen LogP contribution in [0.1, 0.15) is 11.1 Å². The number of methoxy groups -OCH3 is 1. The molecule has 0 amide bonds. The van der Waals surface area contributed by atoms with Gasteiger partial charge in [-0.15, -0.1) is 0 Å². The van der Waals surface area contributed by atoms with Gasteiger partial charge >= 0.3 is 5.97 Å². The van der Waals surface area contributed by atoms with Gasteiger partial charge in [-0.05, 0) is 18.6 Å². The first-order valence-corrected chi connectivity index (χ1v) is 4.56. The molecule has 1 aromatic carbocycles. The fourth-order valence-electron chi connectivity index (χ4n) is 1.30. The minimum absolute atomic E-state index is 0.0937. The van der Waals surface area contributed by atoms with Gasteiger partial charge in [0.25, 0.3) is 0 Å². The molecular formula is C11H12FNO3. The van der Waals surface area contributed by atoms with Crippen molar-refractivity contribution in [3.63, 3.8) is 0 Å². The smallest absolute Gasteiger partial charge is 0.360 e. The van der Waals surface area contributed by atoms with E-state index in [2.05, 4.69) is 14.7 Å². The molecule has 0 N–H and O–H groups in total. The van der Waals surface area contributed by atoms with Crippen LogP contribution in [0.15, 0.2) is 23.4 Å². The molecule has 0 radical (unpaired) electrons. The van der Waals surface area contributed by atoms with Crippen molar-refractivity contribution in [1.29, 1.82) is 0 Å².